The summed E-state index contributed by atoms with van der Waals surface area (Å²) in [4.78, 5) is 0. The number of hydrogen-bond donors (Lipinski definition) is 0. The molecule has 0 aliphatic heterocycles. The van der Waals surface area contributed by atoms with Crippen molar-refractivity contribution in [1.82, 2.24) is 0 Å². The molecule has 0 bridgehead atoms. The quantitative estimate of drug-likeness (QED) is 0.655. The Labute approximate surface area is 99.4 Å². The van der Waals surface area contributed by atoms with Crippen LogP contribution in [0.4, 0.5) is 0 Å². The lowest BCUT2D eigenvalue weighted by molar-refractivity contribution is 0.234. The van der Waals surface area contributed by atoms with Gasteiger partial charge in [-0.3, -0.25) is 0 Å². The summed E-state index contributed by atoms with van der Waals surface area (Å²) >= 11 is 0. The van der Waals surface area contributed by atoms with Crippen LogP contribution < -0.4 is 0 Å². The van der Waals surface area contributed by atoms with Crippen LogP contribution in [0, 0.1) is 11.3 Å². The van der Waals surface area contributed by atoms with Crippen molar-refractivity contribution < 1.29 is 0 Å². The fourth-order valence-electron chi connectivity index (χ4n) is 2.45. The van der Waals surface area contributed by atoms with E-state index in [9.17, 15) is 0 Å². The minimum Gasteiger partial charge on any atom is -0.0780 e. The number of benzene rings is 1. The van der Waals surface area contributed by atoms with E-state index in [-0.39, 0.29) is 0 Å². The first-order chi connectivity index (χ1) is 7.68. The average molecular weight is 214 g/mol. The molecule has 0 amide bonds. The Balaban J connectivity index is 2.01. The van der Waals surface area contributed by atoms with Crippen LogP contribution in [0.2, 0.25) is 0 Å². The fourth-order valence-corrected chi connectivity index (χ4v) is 2.45. The van der Waals surface area contributed by atoms with E-state index in [0.29, 0.717) is 5.41 Å². The van der Waals surface area contributed by atoms with Crippen LogP contribution in [-0.4, -0.2) is 0 Å². The highest BCUT2D eigenvalue weighted by molar-refractivity contribution is 5.49. The molecule has 1 aliphatic rings. The number of rotatable bonds is 2. The molecule has 0 radical (unpaired) electrons. The molecule has 0 unspecified atom stereocenters. The van der Waals surface area contributed by atoms with Gasteiger partial charge in [-0.2, -0.15) is 0 Å². The summed E-state index contributed by atoms with van der Waals surface area (Å²) in [5, 5.41) is 0. The van der Waals surface area contributed by atoms with Crippen molar-refractivity contribution in [2.24, 2.45) is 11.3 Å². The standard InChI is InChI=1S/C16H22/c1-14-8-11-16(2,12-9-14)13-10-15-6-4-3-5-7-15/h3-7,10,13-14H,8-9,11-12H2,1-2H3. The van der Waals surface area contributed by atoms with Crippen molar-refractivity contribution in [1.29, 1.82) is 0 Å². The van der Waals surface area contributed by atoms with Crippen molar-refractivity contribution in [3.05, 3.63) is 42.0 Å². The molecule has 1 fully saturated rings. The van der Waals surface area contributed by atoms with Crippen LogP contribution in [-0.2, 0) is 0 Å². The molecule has 16 heavy (non-hydrogen) atoms. The summed E-state index contributed by atoms with van der Waals surface area (Å²) in [6.07, 6.45) is 10.2. The van der Waals surface area contributed by atoms with E-state index in [4.69, 9.17) is 0 Å². The summed E-state index contributed by atoms with van der Waals surface area (Å²) in [5.41, 5.74) is 1.75. The van der Waals surface area contributed by atoms with E-state index in [1.807, 2.05) is 0 Å². The van der Waals surface area contributed by atoms with E-state index in [2.05, 4.69) is 56.3 Å². The molecule has 0 heterocycles. The lowest BCUT2D eigenvalue weighted by Crippen LogP contribution is -2.20. The fraction of sp³-hybridized carbons (Fsp3) is 0.500. The van der Waals surface area contributed by atoms with E-state index in [0.717, 1.165) is 5.92 Å². The van der Waals surface area contributed by atoms with E-state index >= 15 is 0 Å². The zero-order valence-corrected chi connectivity index (χ0v) is 10.4. The topological polar surface area (TPSA) is 0 Å². The largest absolute Gasteiger partial charge is 0.0780 e. The van der Waals surface area contributed by atoms with Gasteiger partial charge in [-0.25, -0.2) is 0 Å². The van der Waals surface area contributed by atoms with Crippen molar-refractivity contribution in [3.8, 4) is 0 Å². The first kappa shape index (κ1) is 11.4. The minimum absolute atomic E-state index is 0.433. The van der Waals surface area contributed by atoms with E-state index < -0.39 is 0 Å². The molecule has 2 rings (SSSR count). The van der Waals surface area contributed by atoms with Crippen molar-refractivity contribution in [2.75, 3.05) is 0 Å². The Bertz CT molecular complexity index is 340. The molecule has 1 aliphatic carbocycles. The molecule has 0 spiro atoms. The first-order valence-corrected chi connectivity index (χ1v) is 6.42. The summed E-state index contributed by atoms with van der Waals surface area (Å²) in [6.45, 7) is 4.78. The molecule has 1 aromatic rings. The molecule has 0 aromatic heterocycles. The second kappa shape index (κ2) is 4.86. The lowest BCUT2D eigenvalue weighted by Gasteiger charge is -2.33. The maximum atomic E-state index is 2.42. The summed E-state index contributed by atoms with van der Waals surface area (Å²) in [7, 11) is 0. The second-order valence-corrected chi connectivity index (χ2v) is 5.58. The van der Waals surface area contributed by atoms with Crippen LogP contribution in [0.1, 0.15) is 45.1 Å². The predicted molar refractivity (Wildman–Crippen MR) is 71.2 cm³/mol. The monoisotopic (exact) mass is 214 g/mol. The minimum atomic E-state index is 0.433. The van der Waals surface area contributed by atoms with E-state index in [1.54, 1.807) is 0 Å². The third-order valence-corrected chi connectivity index (χ3v) is 3.89. The van der Waals surface area contributed by atoms with Gasteiger partial charge in [0.25, 0.3) is 0 Å². The predicted octanol–water partition coefficient (Wildman–Crippen LogP) is 4.92. The maximum absolute atomic E-state index is 2.42. The molecule has 0 N–H and O–H groups in total. The van der Waals surface area contributed by atoms with E-state index in [1.165, 1.54) is 31.2 Å². The van der Waals surface area contributed by atoms with Gasteiger partial charge in [-0.15, -0.1) is 0 Å². The Kier molecular flexibility index (Phi) is 3.48. The second-order valence-electron chi connectivity index (χ2n) is 5.58. The van der Waals surface area contributed by atoms with Gasteiger partial charge in [0.1, 0.15) is 0 Å². The van der Waals surface area contributed by atoms with Crippen molar-refractivity contribution in [2.45, 2.75) is 39.5 Å². The molecule has 1 saturated carbocycles. The highest BCUT2D eigenvalue weighted by Gasteiger charge is 2.26. The average Bonchev–Trinajstić information content (AvgIpc) is 2.33. The van der Waals surface area contributed by atoms with Gasteiger partial charge in [0.15, 0.2) is 0 Å². The highest BCUT2D eigenvalue weighted by Crippen LogP contribution is 2.39. The van der Waals surface area contributed by atoms with Gasteiger partial charge in [-0.1, -0.05) is 56.3 Å². The SMILES string of the molecule is CC1CCC(C)(C=Cc2ccccc2)CC1. The van der Waals surface area contributed by atoms with Crippen LogP contribution in [0.25, 0.3) is 6.08 Å². The zero-order chi connectivity index (χ0) is 11.4. The van der Waals surface area contributed by atoms with Gasteiger partial charge in [-0.05, 0) is 42.6 Å². The highest BCUT2D eigenvalue weighted by atomic mass is 14.3. The Morgan fingerprint density at radius 2 is 1.75 bits per heavy atom. The Hall–Kier alpha value is -1.04. The van der Waals surface area contributed by atoms with Crippen LogP contribution in [0.15, 0.2) is 36.4 Å². The summed E-state index contributed by atoms with van der Waals surface area (Å²) in [5.74, 6) is 0.929. The van der Waals surface area contributed by atoms with Gasteiger partial charge in [0, 0.05) is 0 Å². The zero-order valence-electron chi connectivity index (χ0n) is 10.4. The van der Waals surface area contributed by atoms with Crippen molar-refractivity contribution in [3.63, 3.8) is 0 Å². The number of allylic oxidation sites excluding steroid dienone is 1. The van der Waals surface area contributed by atoms with Gasteiger partial charge < -0.3 is 0 Å². The normalized spacial score (nSPS) is 30.8. The molecular formula is C16H22. The smallest absolute Gasteiger partial charge is 0.0143 e. The molecule has 0 atom stereocenters. The van der Waals surface area contributed by atoms with Crippen LogP contribution in [0.3, 0.4) is 0 Å². The molecular weight excluding hydrogens is 192 g/mol. The molecule has 1 aromatic carbocycles. The van der Waals surface area contributed by atoms with Gasteiger partial charge >= 0.3 is 0 Å². The molecule has 0 heteroatoms. The third kappa shape index (κ3) is 2.98. The Morgan fingerprint density at radius 3 is 2.38 bits per heavy atom. The lowest BCUT2D eigenvalue weighted by atomic mass is 9.72. The molecule has 86 valence electrons. The van der Waals surface area contributed by atoms with Gasteiger partial charge in [0.05, 0.1) is 0 Å². The molecule has 0 saturated heterocycles. The third-order valence-electron chi connectivity index (χ3n) is 3.89. The maximum Gasteiger partial charge on any atom is -0.0143 e. The summed E-state index contributed by atoms with van der Waals surface area (Å²) < 4.78 is 0. The summed E-state index contributed by atoms with van der Waals surface area (Å²) in [6, 6.07) is 10.6. The number of hydrogen-bond acceptors (Lipinski definition) is 0. The van der Waals surface area contributed by atoms with Gasteiger partial charge in [0.2, 0.25) is 0 Å². The first-order valence-electron chi connectivity index (χ1n) is 6.42. The van der Waals surface area contributed by atoms with Crippen LogP contribution in [0.5, 0.6) is 0 Å². The van der Waals surface area contributed by atoms with Crippen LogP contribution >= 0.6 is 0 Å². The Morgan fingerprint density at radius 1 is 1.12 bits per heavy atom. The molecule has 0 nitrogen and oxygen atoms in total. The van der Waals surface area contributed by atoms with Crippen molar-refractivity contribution >= 4 is 6.08 Å².